The van der Waals surface area contributed by atoms with Gasteiger partial charge in [0.05, 0.1) is 5.69 Å². The number of ether oxygens (including phenoxy) is 1. The van der Waals surface area contributed by atoms with Gasteiger partial charge in [0, 0.05) is 11.5 Å². The normalized spacial score (nSPS) is 11.3. The maximum Gasteiger partial charge on any atom is 0.344 e. The lowest BCUT2D eigenvalue weighted by atomic mass is 10.1. The topological polar surface area (TPSA) is 111 Å². The van der Waals surface area contributed by atoms with E-state index in [4.69, 9.17) is 9.26 Å². The molecule has 0 aliphatic carbocycles. The second kappa shape index (κ2) is 7.26. The summed E-state index contributed by atoms with van der Waals surface area (Å²) in [6, 6.07) is -0.650. The number of aromatic nitrogens is 1. The number of urea groups is 1. The number of aryl methyl sites for hydroxylation is 1. The molecule has 0 spiro atoms. The van der Waals surface area contributed by atoms with Crippen LogP contribution in [0, 0.1) is 6.92 Å². The fraction of sp³-hybridized carbons (Fsp3) is 0.600. The number of imide groups is 1. The van der Waals surface area contributed by atoms with E-state index in [0.717, 1.165) is 0 Å². The number of nitrogens with one attached hydrogen (secondary N) is 2. The van der Waals surface area contributed by atoms with Crippen LogP contribution in [0.15, 0.2) is 4.52 Å². The second-order valence-electron chi connectivity index (χ2n) is 6.49. The van der Waals surface area contributed by atoms with Gasteiger partial charge in [-0.25, -0.2) is 9.59 Å². The van der Waals surface area contributed by atoms with Gasteiger partial charge in [-0.05, 0) is 27.7 Å². The molecule has 8 heteroatoms. The molecule has 3 amide bonds. The Balaban J connectivity index is 2.58. The molecule has 0 aromatic carbocycles. The van der Waals surface area contributed by atoms with Crippen molar-refractivity contribution in [3.05, 3.63) is 17.0 Å². The number of hydrogen-bond donors (Lipinski definition) is 2. The summed E-state index contributed by atoms with van der Waals surface area (Å²) in [7, 11) is 0. The van der Waals surface area contributed by atoms with Crippen molar-refractivity contribution >= 4 is 17.9 Å². The Hall–Kier alpha value is -2.38. The highest BCUT2D eigenvalue weighted by Crippen LogP contribution is 2.22. The third-order valence-corrected chi connectivity index (χ3v) is 2.69. The second-order valence-corrected chi connectivity index (χ2v) is 6.49. The average Bonchev–Trinajstić information content (AvgIpc) is 2.75. The van der Waals surface area contributed by atoms with E-state index in [1.807, 2.05) is 13.8 Å². The van der Waals surface area contributed by atoms with Crippen molar-refractivity contribution in [3.8, 4) is 0 Å². The average molecular weight is 325 g/mol. The molecule has 1 rings (SSSR count). The first-order valence-electron chi connectivity index (χ1n) is 7.26. The maximum atomic E-state index is 12.1. The fourth-order valence-corrected chi connectivity index (χ4v) is 1.77. The minimum Gasteiger partial charge on any atom is -0.452 e. The van der Waals surface area contributed by atoms with Gasteiger partial charge in [0.25, 0.3) is 5.91 Å². The summed E-state index contributed by atoms with van der Waals surface area (Å²) in [6.07, 6.45) is 0. The lowest BCUT2D eigenvalue weighted by molar-refractivity contribution is -0.123. The van der Waals surface area contributed by atoms with Crippen LogP contribution in [-0.2, 0) is 9.53 Å². The van der Waals surface area contributed by atoms with Gasteiger partial charge in [0.2, 0.25) is 0 Å². The summed E-state index contributed by atoms with van der Waals surface area (Å²) in [5, 5.41) is 8.38. The Kier molecular flexibility index (Phi) is 5.89. The van der Waals surface area contributed by atoms with Gasteiger partial charge in [0.15, 0.2) is 12.4 Å². The predicted octanol–water partition coefficient (Wildman–Crippen LogP) is 1.89. The summed E-state index contributed by atoms with van der Waals surface area (Å²) in [5.41, 5.74) is 0.129. The minimum atomic E-state index is -0.722. The molecule has 0 saturated heterocycles. The summed E-state index contributed by atoms with van der Waals surface area (Å²) in [5.74, 6) is -1.08. The SMILES string of the molecule is Cc1noc(C(C)C)c1C(=O)OCC(=O)NC(=O)NC(C)(C)C. The van der Waals surface area contributed by atoms with Crippen LogP contribution in [0.2, 0.25) is 0 Å². The van der Waals surface area contributed by atoms with Crippen molar-refractivity contribution in [1.82, 2.24) is 15.8 Å². The van der Waals surface area contributed by atoms with Crippen molar-refractivity contribution < 1.29 is 23.6 Å². The molecule has 0 radical (unpaired) electrons. The van der Waals surface area contributed by atoms with Crippen LogP contribution in [0.4, 0.5) is 4.79 Å². The van der Waals surface area contributed by atoms with Gasteiger partial charge < -0.3 is 14.6 Å². The monoisotopic (exact) mass is 325 g/mol. The molecule has 23 heavy (non-hydrogen) atoms. The summed E-state index contributed by atoms with van der Waals surface area (Å²) in [4.78, 5) is 35.2. The molecular weight excluding hydrogens is 302 g/mol. The van der Waals surface area contributed by atoms with Crippen LogP contribution < -0.4 is 10.6 Å². The summed E-state index contributed by atoms with van der Waals surface area (Å²) >= 11 is 0. The summed E-state index contributed by atoms with van der Waals surface area (Å²) < 4.78 is 10.0. The van der Waals surface area contributed by atoms with E-state index in [2.05, 4.69) is 15.8 Å². The number of rotatable bonds is 4. The van der Waals surface area contributed by atoms with Gasteiger partial charge in [-0.3, -0.25) is 10.1 Å². The number of amides is 3. The molecule has 0 fully saturated rings. The van der Waals surface area contributed by atoms with E-state index in [-0.39, 0.29) is 11.5 Å². The van der Waals surface area contributed by atoms with E-state index in [1.165, 1.54) is 0 Å². The van der Waals surface area contributed by atoms with Crippen LogP contribution in [0.3, 0.4) is 0 Å². The molecule has 0 bridgehead atoms. The predicted molar refractivity (Wildman–Crippen MR) is 82.0 cm³/mol. The van der Waals surface area contributed by atoms with Crippen molar-refractivity contribution in [2.24, 2.45) is 0 Å². The molecule has 1 aromatic heterocycles. The molecular formula is C15H23N3O5. The van der Waals surface area contributed by atoms with E-state index in [1.54, 1.807) is 27.7 Å². The molecule has 8 nitrogen and oxygen atoms in total. The number of esters is 1. The Morgan fingerprint density at radius 3 is 2.39 bits per heavy atom. The van der Waals surface area contributed by atoms with E-state index < -0.39 is 30.1 Å². The van der Waals surface area contributed by atoms with Crippen LogP contribution >= 0.6 is 0 Å². The Morgan fingerprint density at radius 2 is 1.87 bits per heavy atom. The molecule has 0 aliphatic heterocycles. The Bertz CT molecular complexity index is 599. The minimum absolute atomic E-state index is 0.0508. The first-order chi connectivity index (χ1) is 10.5. The van der Waals surface area contributed by atoms with Gasteiger partial charge in [-0.1, -0.05) is 19.0 Å². The van der Waals surface area contributed by atoms with Crippen molar-refractivity contribution in [1.29, 1.82) is 0 Å². The first kappa shape index (κ1) is 18.7. The van der Waals surface area contributed by atoms with Gasteiger partial charge in [-0.2, -0.15) is 0 Å². The van der Waals surface area contributed by atoms with Crippen molar-refractivity contribution in [2.75, 3.05) is 6.61 Å². The van der Waals surface area contributed by atoms with E-state index in [9.17, 15) is 14.4 Å². The first-order valence-corrected chi connectivity index (χ1v) is 7.26. The third kappa shape index (κ3) is 5.72. The zero-order valence-electron chi connectivity index (χ0n) is 14.3. The molecule has 0 aliphatic rings. The number of carbonyl (C=O) groups excluding carboxylic acids is 3. The van der Waals surface area contributed by atoms with Crippen LogP contribution in [0.5, 0.6) is 0 Å². The van der Waals surface area contributed by atoms with Crippen LogP contribution in [0.1, 0.15) is 62.3 Å². The van der Waals surface area contributed by atoms with Crippen molar-refractivity contribution in [3.63, 3.8) is 0 Å². The molecule has 1 aromatic rings. The largest absolute Gasteiger partial charge is 0.452 e. The van der Waals surface area contributed by atoms with Gasteiger partial charge in [-0.15, -0.1) is 0 Å². The lowest BCUT2D eigenvalue weighted by Crippen LogP contribution is -2.49. The lowest BCUT2D eigenvalue weighted by Gasteiger charge is -2.20. The molecule has 0 unspecified atom stereocenters. The molecule has 128 valence electrons. The standard InChI is InChI=1S/C15H23N3O5/c1-8(2)12-11(9(3)18-23-12)13(20)22-7-10(19)16-14(21)17-15(4,5)6/h8H,7H2,1-6H3,(H2,16,17,19,21). The zero-order valence-corrected chi connectivity index (χ0v) is 14.3. The van der Waals surface area contributed by atoms with E-state index >= 15 is 0 Å². The quantitative estimate of drug-likeness (QED) is 0.818. The smallest absolute Gasteiger partial charge is 0.344 e. The highest BCUT2D eigenvalue weighted by atomic mass is 16.5. The Labute approximate surface area is 134 Å². The number of nitrogens with zero attached hydrogens (tertiary/aromatic N) is 1. The van der Waals surface area contributed by atoms with Gasteiger partial charge in [0.1, 0.15) is 5.56 Å². The van der Waals surface area contributed by atoms with Crippen molar-refractivity contribution in [2.45, 2.75) is 53.0 Å². The number of carbonyl (C=O) groups is 3. The molecule has 2 N–H and O–H groups in total. The summed E-state index contributed by atoms with van der Waals surface area (Å²) in [6.45, 7) is 10.1. The maximum absolute atomic E-state index is 12.1. The van der Waals surface area contributed by atoms with E-state index in [0.29, 0.717) is 11.5 Å². The third-order valence-electron chi connectivity index (χ3n) is 2.69. The van der Waals surface area contributed by atoms with Crippen LogP contribution in [0.25, 0.3) is 0 Å². The van der Waals surface area contributed by atoms with Gasteiger partial charge >= 0.3 is 12.0 Å². The highest BCUT2D eigenvalue weighted by Gasteiger charge is 2.24. The number of hydrogen-bond acceptors (Lipinski definition) is 6. The molecule has 1 heterocycles. The molecule has 0 atom stereocenters. The highest BCUT2D eigenvalue weighted by molar-refractivity contribution is 5.97. The zero-order chi connectivity index (χ0) is 17.8. The molecule has 0 saturated carbocycles. The van der Waals surface area contributed by atoms with Crippen LogP contribution in [-0.4, -0.2) is 35.2 Å². The fourth-order valence-electron chi connectivity index (χ4n) is 1.77. The Morgan fingerprint density at radius 1 is 1.26 bits per heavy atom.